The molecule has 0 fully saturated rings. The van der Waals surface area contributed by atoms with E-state index in [1.54, 1.807) is 6.07 Å². The highest BCUT2D eigenvalue weighted by molar-refractivity contribution is 5.51. The summed E-state index contributed by atoms with van der Waals surface area (Å²) in [6.07, 6.45) is 1.98. The van der Waals surface area contributed by atoms with Crippen LogP contribution in [0.5, 0.6) is 0 Å². The molecule has 0 spiro atoms. The summed E-state index contributed by atoms with van der Waals surface area (Å²) in [5, 5.41) is 13.9. The van der Waals surface area contributed by atoms with Gasteiger partial charge in [0, 0.05) is 5.69 Å². The fraction of sp³-hybridized carbons (Fsp3) is 0.214. The van der Waals surface area contributed by atoms with E-state index in [0.717, 1.165) is 18.5 Å². The van der Waals surface area contributed by atoms with Crippen molar-refractivity contribution in [2.75, 3.05) is 11.1 Å². The average molecular weight is 282 g/mol. The van der Waals surface area contributed by atoms with Crippen molar-refractivity contribution in [3.63, 3.8) is 0 Å². The number of hydrogen-bond donors (Lipinski definition) is 3. The van der Waals surface area contributed by atoms with Gasteiger partial charge in [-0.25, -0.2) is 9.89 Å². The zero-order valence-corrected chi connectivity index (χ0v) is 11.2. The van der Waals surface area contributed by atoms with Crippen LogP contribution < -0.4 is 16.7 Å². The van der Waals surface area contributed by atoms with E-state index in [1.165, 1.54) is 15.6 Å². The summed E-state index contributed by atoms with van der Waals surface area (Å²) < 4.78 is 1.25. The molecule has 1 aromatic carbocycles. The average Bonchev–Trinajstić information content (AvgIpc) is 3.04. The van der Waals surface area contributed by atoms with Crippen molar-refractivity contribution in [1.82, 2.24) is 19.8 Å². The van der Waals surface area contributed by atoms with Gasteiger partial charge in [0.05, 0.1) is 6.04 Å². The van der Waals surface area contributed by atoms with Gasteiger partial charge in [-0.1, -0.05) is 6.07 Å². The lowest BCUT2D eigenvalue weighted by molar-refractivity contribution is 0.747. The summed E-state index contributed by atoms with van der Waals surface area (Å²) in [5.41, 5.74) is 9.28. The number of benzene rings is 1. The first-order valence-electron chi connectivity index (χ1n) is 6.80. The minimum absolute atomic E-state index is 0.188. The van der Waals surface area contributed by atoms with Crippen molar-refractivity contribution >= 4 is 17.2 Å². The third-order valence-electron chi connectivity index (χ3n) is 3.84. The molecular weight excluding hydrogens is 268 g/mol. The molecule has 0 aliphatic heterocycles. The minimum atomic E-state index is -0.340. The molecule has 1 atom stereocenters. The quantitative estimate of drug-likeness (QED) is 0.611. The van der Waals surface area contributed by atoms with E-state index in [-0.39, 0.29) is 11.7 Å². The van der Waals surface area contributed by atoms with Gasteiger partial charge < -0.3 is 11.1 Å². The Bertz CT molecular complexity index is 881. The van der Waals surface area contributed by atoms with Gasteiger partial charge in [0.25, 0.3) is 0 Å². The number of aromatic nitrogens is 4. The summed E-state index contributed by atoms with van der Waals surface area (Å²) in [6, 6.07) is 9.76. The molecule has 7 heteroatoms. The molecular formula is C14H14N6O. The highest BCUT2D eigenvalue weighted by Gasteiger charge is 2.22. The lowest BCUT2D eigenvalue weighted by Crippen LogP contribution is -2.15. The molecule has 1 unspecified atom stereocenters. The maximum absolute atomic E-state index is 11.5. The highest BCUT2D eigenvalue weighted by atomic mass is 16.2. The highest BCUT2D eigenvalue weighted by Crippen LogP contribution is 2.34. The summed E-state index contributed by atoms with van der Waals surface area (Å²) in [7, 11) is 0. The van der Waals surface area contributed by atoms with Crippen molar-refractivity contribution < 1.29 is 0 Å². The largest absolute Gasteiger partial charge is 0.399 e. The van der Waals surface area contributed by atoms with Gasteiger partial charge >= 0.3 is 5.69 Å². The van der Waals surface area contributed by atoms with Crippen LogP contribution in [0.4, 0.5) is 11.5 Å². The van der Waals surface area contributed by atoms with Crippen molar-refractivity contribution in [3.8, 4) is 0 Å². The van der Waals surface area contributed by atoms with Gasteiger partial charge in [0.1, 0.15) is 5.82 Å². The van der Waals surface area contributed by atoms with E-state index in [4.69, 9.17) is 5.73 Å². The molecule has 21 heavy (non-hydrogen) atoms. The Hall–Kier alpha value is -2.83. The van der Waals surface area contributed by atoms with E-state index in [9.17, 15) is 4.79 Å². The molecule has 106 valence electrons. The number of anilines is 2. The van der Waals surface area contributed by atoms with Gasteiger partial charge in [-0.3, -0.25) is 0 Å². The Morgan fingerprint density at radius 1 is 1.33 bits per heavy atom. The number of aryl methyl sites for hydroxylation is 1. The monoisotopic (exact) mass is 282 g/mol. The number of nitrogens with two attached hydrogens (primary N) is 1. The van der Waals surface area contributed by atoms with Crippen molar-refractivity contribution in [3.05, 3.63) is 51.9 Å². The molecule has 3 aromatic rings. The molecule has 4 rings (SSSR count). The predicted octanol–water partition coefficient (Wildman–Crippen LogP) is 1.10. The van der Waals surface area contributed by atoms with Gasteiger partial charge in [-0.2, -0.15) is 9.61 Å². The number of aromatic amines is 1. The number of nitrogen functional groups attached to an aromatic ring is 1. The van der Waals surface area contributed by atoms with Crippen molar-refractivity contribution in [2.24, 2.45) is 0 Å². The topological polar surface area (TPSA) is 101 Å². The lowest BCUT2D eigenvalue weighted by Gasteiger charge is -2.14. The van der Waals surface area contributed by atoms with Gasteiger partial charge in [-0.05, 0) is 48.2 Å². The zero-order valence-electron chi connectivity index (χ0n) is 11.2. The van der Waals surface area contributed by atoms with Crippen LogP contribution in [0.15, 0.2) is 35.1 Å². The molecule has 0 radical (unpaired) electrons. The molecule has 0 saturated carbocycles. The van der Waals surface area contributed by atoms with E-state index in [2.05, 4.69) is 26.7 Å². The van der Waals surface area contributed by atoms with Crippen LogP contribution in [0.1, 0.15) is 23.6 Å². The number of fused-ring (bicyclic) bond motifs is 2. The zero-order chi connectivity index (χ0) is 14.4. The lowest BCUT2D eigenvalue weighted by atomic mass is 10.1. The summed E-state index contributed by atoms with van der Waals surface area (Å²) in [4.78, 5) is 11.5. The van der Waals surface area contributed by atoms with E-state index in [1.807, 2.05) is 18.2 Å². The Kier molecular flexibility index (Phi) is 2.47. The van der Waals surface area contributed by atoms with E-state index < -0.39 is 0 Å². The Labute approximate surface area is 119 Å². The van der Waals surface area contributed by atoms with Crippen LogP contribution >= 0.6 is 0 Å². The molecule has 2 aromatic heterocycles. The fourth-order valence-corrected chi connectivity index (χ4v) is 2.85. The van der Waals surface area contributed by atoms with Crippen LogP contribution in [0, 0.1) is 0 Å². The Morgan fingerprint density at radius 3 is 3.14 bits per heavy atom. The first-order chi connectivity index (χ1) is 10.2. The standard InChI is InChI=1S/C14H14N6O/c15-9-2-3-10-8(7-9)1-4-11(10)16-12-5-6-13-17-18-14(21)20(13)19-12/h2-3,5-7,11H,1,4,15H2,(H,16,19)(H,18,21). The fourth-order valence-electron chi connectivity index (χ4n) is 2.85. The smallest absolute Gasteiger partial charge is 0.364 e. The Balaban J connectivity index is 1.67. The number of nitrogens with zero attached hydrogens (tertiary/aromatic N) is 3. The first kappa shape index (κ1) is 12.0. The molecule has 0 saturated heterocycles. The summed E-state index contributed by atoms with van der Waals surface area (Å²) >= 11 is 0. The number of rotatable bonds is 2. The van der Waals surface area contributed by atoms with Crippen LogP contribution in [-0.4, -0.2) is 19.8 Å². The maximum Gasteiger partial charge on any atom is 0.364 e. The normalized spacial score (nSPS) is 17.0. The van der Waals surface area contributed by atoms with Gasteiger partial charge in [-0.15, -0.1) is 5.10 Å². The van der Waals surface area contributed by atoms with E-state index >= 15 is 0 Å². The van der Waals surface area contributed by atoms with Crippen molar-refractivity contribution in [2.45, 2.75) is 18.9 Å². The van der Waals surface area contributed by atoms with Gasteiger partial charge in [0.15, 0.2) is 5.65 Å². The molecule has 2 heterocycles. The minimum Gasteiger partial charge on any atom is -0.399 e. The Morgan fingerprint density at radius 2 is 2.24 bits per heavy atom. The van der Waals surface area contributed by atoms with Crippen molar-refractivity contribution in [1.29, 1.82) is 0 Å². The first-order valence-corrected chi connectivity index (χ1v) is 6.80. The number of hydrogen-bond acceptors (Lipinski definition) is 5. The number of nitrogens with one attached hydrogen (secondary N) is 2. The third kappa shape index (κ3) is 1.94. The maximum atomic E-state index is 11.5. The second-order valence-electron chi connectivity index (χ2n) is 5.21. The molecule has 7 nitrogen and oxygen atoms in total. The SMILES string of the molecule is Nc1ccc2c(c1)CCC2Nc1ccc2n[nH]c(=O)n2n1. The van der Waals surface area contributed by atoms with Crippen LogP contribution in [0.2, 0.25) is 0 Å². The summed E-state index contributed by atoms with van der Waals surface area (Å²) in [5.74, 6) is 0.653. The van der Waals surface area contributed by atoms with Crippen LogP contribution in [0.3, 0.4) is 0 Å². The van der Waals surface area contributed by atoms with Crippen LogP contribution in [-0.2, 0) is 6.42 Å². The second-order valence-corrected chi connectivity index (χ2v) is 5.21. The van der Waals surface area contributed by atoms with E-state index in [0.29, 0.717) is 11.5 Å². The molecule has 4 N–H and O–H groups in total. The molecule has 0 bridgehead atoms. The third-order valence-corrected chi connectivity index (χ3v) is 3.84. The van der Waals surface area contributed by atoms with Crippen LogP contribution in [0.25, 0.3) is 5.65 Å². The predicted molar refractivity (Wildman–Crippen MR) is 79.1 cm³/mol. The molecule has 1 aliphatic carbocycles. The second kappa shape index (κ2) is 4.34. The molecule has 0 amide bonds. The summed E-state index contributed by atoms with van der Waals surface area (Å²) in [6.45, 7) is 0. The van der Waals surface area contributed by atoms with Gasteiger partial charge in [0.2, 0.25) is 0 Å². The molecule has 1 aliphatic rings. The number of H-pyrrole nitrogens is 1.